The molecular weight excluding hydrogens is 873 g/mol. The number of nitrogens with zero attached hydrogens (tertiary/aromatic N) is 2. The number of amides is 1. The average Bonchev–Trinajstić information content (AvgIpc) is 3.53. The number of hydrogen-bond acceptors (Lipinski definition) is 8. The number of H-pyrrole nitrogens is 1. The molecule has 1 atom stereocenters. The number of sulfonamides is 1. The van der Waals surface area contributed by atoms with Crippen LogP contribution in [0.2, 0.25) is 5.02 Å². The summed E-state index contributed by atoms with van der Waals surface area (Å²) in [4.78, 5) is 26.5. The number of alkyl halides is 9. The number of carbonyl (C=O) groups is 2. The van der Waals surface area contributed by atoms with Crippen molar-refractivity contribution in [2.75, 3.05) is 10.8 Å². The van der Waals surface area contributed by atoms with E-state index in [1.54, 1.807) is 4.72 Å². The molecule has 0 radical (unpaired) electrons. The Balaban J connectivity index is 0.000000815. The number of anilines is 1. The number of ether oxygens (including phenoxy) is 1. The highest BCUT2D eigenvalue weighted by Crippen LogP contribution is 2.36. The summed E-state index contributed by atoms with van der Waals surface area (Å²) in [6, 6.07) is 7.69. The van der Waals surface area contributed by atoms with Gasteiger partial charge in [0.1, 0.15) is 17.3 Å². The Hall–Kier alpha value is -4.33. The van der Waals surface area contributed by atoms with Crippen LogP contribution < -0.4 is 18.5 Å². The number of aromatic amines is 1. The van der Waals surface area contributed by atoms with Gasteiger partial charge >= 0.3 is 34.9 Å². The molecule has 5 rings (SSSR count). The number of halogens is 11. The van der Waals surface area contributed by atoms with Crippen LogP contribution in [-0.2, 0) is 42.4 Å². The van der Waals surface area contributed by atoms with Crippen LogP contribution in [0.4, 0.5) is 45.2 Å². The van der Waals surface area contributed by atoms with Crippen LogP contribution in [-0.4, -0.2) is 62.9 Å². The number of carbonyl (C=O) groups excluding carboxylic acids is 1. The lowest BCUT2D eigenvalue weighted by Gasteiger charge is -2.20. The van der Waals surface area contributed by atoms with Crippen LogP contribution in [0.15, 0.2) is 64.0 Å². The topological polar surface area (TPSA) is 188 Å². The van der Waals surface area contributed by atoms with Gasteiger partial charge in [0.05, 0.1) is 33.3 Å². The molecule has 0 aliphatic carbocycles. The van der Waals surface area contributed by atoms with Crippen LogP contribution in [0.3, 0.4) is 0 Å². The molecule has 13 nitrogen and oxygen atoms in total. The predicted molar refractivity (Wildman–Crippen MR) is 168 cm³/mol. The maximum absolute atomic E-state index is 13.5. The van der Waals surface area contributed by atoms with Crippen molar-refractivity contribution in [3.8, 4) is 5.75 Å². The largest absolute Gasteiger partial charge is 0.573 e. The molecule has 288 valence electrons. The summed E-state index contributed by atoms with van der Waals surface area (Å²) in [5, 5.41) is 6.95. The number of aromatic nitrogens is 2. The smallest absolute Gasteiger partial charge is 0.475 e. The Labute approximate surface area is 304 Å². The van der Waals surface area contributed by atoms with E-state index < -0.39 is 79.6 Å². The van der Waals surface area contributed by atoms with E-state index in [0.29, 0.717) is 4.31 Å². The molecule has 1 saturated heterocycles. The van der Waals surface area contributed by atoms with Crippen molar-refractivity contribution in [3.05, 3.63) is 81.0 Å². The van der Waals surface area contributed by atoms with E-state index in [-0.39, 0.29) is 44.0 Å². The fraction of sp³-hybridized carbons (Fsp3) is 0.222. The zero-order chi connectivity index (χ0) is 39.9. The van der Waals surface area contributed by atoms with E-state index in [1.807, 2.05) is 0 Å². The minimum atomic E-state index is -5.26. The molecule has 1 amide bonds. The van der Waals surface area contributed by atoms with Crippen molar-refractivity contribution >= 4 is 76.4 Å². The monoisotopic (exact) mass is 889 g/mol. The molecule has 26 heteroatoms. The zero-order valence-electron chi connectivity index (χ0n) is 25.4. The van der Waals surface area contributed by atoms with Crippen molar-refractivity contribution in [2.24, 2.45) is 0 Å². The van der Waals surface area contributed by atoms with Crippen LogP contribution in [0, 0.1) is 0 Å². The lowest BCUT2D eigenvalue weighted by atomic mass is 10.1. The highest BCUT2D eigenvalue weighted by molar-refractivity contribution is 9.10. The second-order valence-electron chi connectivity index (χ2n) is 10.5. The fourth-order valence-corrected chi connectivity index (χ4v) is 7.67. The number of carboxylic acid groups (broad SMARTS) is 1. The molecule has 0 spiro atoms. The SMILES string of the molecule is O=C(O)C(F)(F)F.O=C1CN(c2ccc(C[C@H](NS(=O)(=O)c3ccc(Br)cc3OC(F)(F)F)c3nc4ccc(C(F)(F)F)cc4[nH]3)cc2Cl)S(=O)(=O)N1. The summed E-state index contributed by atoms with van der Waals surface area (Å²) in [5.41, 5.74) is -0.988. The lowest BCUT2D eigenvalue weighted by Crippen LogP contribution is -2.32. The third kappa shape index (κ3) is 10.4. The molecule has 3 aromatic carbocycles. The van der Waals surface area contributed by atoms with E-state index in [9.17, 15) is 61.1 Å². The van der Waals surface area contributed by atoms with Gasteiger partial charge in [-0.25, -0.2) is 31.9 Å². The molecule has 1 fully saturated rings. The van der Waals surface area contributed by atoms with Gasteiger partial charge in [-0.1, -0.05) is 33.6 Å². The Kier molecular flexibility index (Phi) is 11.6. The first-order valence-electron chi connectivity index (χ1n) is 13.7. The second-order valence-corrected chi connectivity index (χ2v) is 15.1. The molecule has 0 unspecified atom stereocenters. The Morgan fingerprint density at radius 3 is 2.21 bits per heavy atom. The Morgan fingerprint density at radius 2 is 1.68 bits per heavy atom. The summed E-state index contributed by atoms with van der Waals surface area (Å²) in [5.74, 6) is -4.86. The molecular formula is C27H18BrClF9N5O8S2. The van der Waals surface area contributed by atoms with Crippen molar-refractivity contribution in [1.29, 1.82) is 0 Å². The van der Waals surface area contributed by atoms with Crippen molar-refractivity contribution in [3.63, 3.8) is 0 Å². The number of imidazole rings is 1. The van der Waals surface area contributed by atoms with E-state index in [1.165, 1.54) is 18.2 Å². The Morgan fingerprint density at radius 1 is 1.04 bits per heavy atom. The number of nitrogens with one attached hydrogen (secondary N) is 3. The van der Waals surface area contributed by atoms with Gasteiger partial charge in [-0.15, -0.1) is 13.2 Å². The van der Waals surface area contributed by atoms with Gasteiger partial charge in [0.2, 0.25) is 10.0 Å². The van der Waals surface area contributed by atoms with E-state index >= 15 is 0 Å². The molecule has 2 heterocycles. The third-order valence-electron chi connectivity index (χ3n) is 6.66. The summed E-state index contributed by atoms with van der Waals surface area (Å²) in [6.45, 7) is -0.557. The summed E-state index contributed by atoms with van der Waals surface area (Å²) in [7, 11) is -9.10. The van der Waals surface area contributed by atoms with Crippen LogP contribution in [0.5, 0.6) is 5.75 Å². The highest BCUT2D eigenvalue weighted by atomic mass is 79.9. The first kappa shape index (κ1) is 41.4. The maximum Gasteiger partial charge on any atom is 0.573 e. The molecule has 1 aliphatic heterocycles. The van der Waals surface area contributed by atoms with Gasteiger partial charge in [0.25, 0.3) is 5.91 Å². The molecule has 1 aliphatic rings. The Bertz CT molecular complexity index is 2290. The maximum atomic E-state index is 13.5. The molecule has 4 N–H and O–H groups in total. The minimum absolute atomic E-state index is 0.0155. The second kappa shape index (κ2) is 14.8. The molecule has 0 bridgehead atoms. The van der Waals surface area contributed by atoms with Gasteiger partial charge < -0.3 is 14.8 Å². The zero-order valence-corrected chi connectivity index (χ0v) is 29.3. The average molecular weight is 891 g/mol. The van der Waals surface area contributed by atoms with Crippen molar-refractivity contribution in [1.82, 2.24) is 19.4 Å². The number of benzene rings is 3. The van der Waals surface area contributed by atoms with Gasteiger partial charge in [0.15, 0.2) is 5.75 Å². The van der Waals surface area contributed by atoms with Crippen LogP contribution >= 0.6 is 27.5 Å². The quantitative estimate of drug-likeness (QED) is 0.155. The standard InChI is InChI=1S/C25H17BrClF6N5O6S2.C2HF3O2/c26-14-3-6-21(20(10-14)44-25(31,32)33)45(40,41)36-18(23-34-16-4-2-13(24(28,29)30)9-17(16)35-23)8-12-1-5-19(15(27)7-12)38-11-22(39)37-46(38,42)43;3-2(4,5)1(6)7/h1-7,9-10,18,36H,8,11H2,(H,34,35)(H,37,39);(H,6,7)/t18-;/m0./s1. The van der Waals surface area contributed by atoms with E-state index in [4.69, 9.17) is 21.5 Å². The number of rotatable bonds is 8. The number of carboxylic acids is 1. The van der Waals surface area contributed by atoms with Crippen molar-refractivity contribution in [2.45, 2.75) is 36.1 Å². The van der Waals surface area contributed by atoms with Crippen LogP contribution in [0.1, 0.15) is 23.0 Å². The lowest BCUT2D eigenvalue weighted by molar-refractivity contribution is -0.275. The predicted octanol–water partition coefficient (Wildman–Crippen LogP) is 5.97. The first-order chi connectivity index (χ1) is 24.2. The van der Waals surface area contributed by atoms with Gasteiger partial charge in [-0.3, -0.25) is 4.79 Å². The number of aliphatic carboxylic acids is 1. The normalized spacial score (nSPS) is 15.5. The molecule has 53 heavy (non-hydrogen) atoms. The molecule has 4 aromatic rings. The summed E-state index contributed by atoms with van der Waals surface area (Å²) >= 11 is 9.28. The molecule has 0 saturated carbocycles. The van der Waals surface area contributed by atoms with Gasteiger partial charge in [0, 0.05) is 4.47 Å². The number of hydrogen-bond donors (Lipinski definition) is 4. The minimum Gasteiger partial charge on any atom is -0.475 e. The first-order valence-corrected chi connectivity index (χ1v) is 17.8. The fourth-order valence-electron chi connectivity index (χ4n) is 4.50. The van der Waals surface area contributed by atoms with E-state index in [0.717, 1.165) is 36.4 Å². The van der Waals surface area contributed by atoms with Gasteiger partial charge in [-0.2, -0.15) is 34.8 Å². The summed E-state index contributed by atoms with van der Waals surface area (Å²) < 4.78 is 171. The third-order valence-corrected chi connectivity index (χ3v) is 10.4. The van der Waals surface area contributed by atoms with E-state index in [2.05, 4.69) is 35.4 Å². The van der Waals surface area contributed by atoms with Crippen molar-refractivity contribution < 1.29 is 75.8 Å². The van der Waals surface area contributed by atoms with Gasteiger partial charge in [-0.05, 0) is 60.5 Å². The van der Waals surface area contributed by atoms with Crippen LogP contribution in [0.25, 0.3) is 11.0 Å². The molecule has 1 aromatic heterocycles. The highest BCUT2D eigenvalue weighted by Gasteiger charge is 2.39. The summed E-state index contributed by atoms with van der Waals surface area (Å²) in [6.07, 6.45) is -15.4. The number of fused-ring (bicyclic) bond motifs is 1.